The van der Waals surface area contributed by atoms with Crippen LogP contribution < -0.4 is 20.3 Å². The second-order valence-corrected chi connectivity index (χ2v) is 9.39. The Bertz CT molecular complexity index is 990. The summed E-state index contributed by atoms with van der Waals surface area (Å²) in [6.45, 7) is 0.527. The van der Waals surface area contributed by atoms with Crippen molar-refractivity contribution in [1.29, 1.82) is 0 Å². The molecule has 164 valence electrons. The highest BCUT2D eigenvalue weighted by Gasteiger charge is 2.51. The highest BCUT2D eigenvalue weighted by Crippen LogP contribution is 2.58. The van der Waals surface area contributed by atoms with E-state index in [-0.39, 0.29) is 11.7 Å². The number of rotatable bonds is 5. The van der Waals surface area contributed by atoms with E-state index in [1.165, 1.54) is 38.5 Å². The number of primary amides is 1. The van der Waals surface area contributed by atoms with E-state index in [4.69, 9.17) is 15.5 Å². The number of nitrogens with zero attached hydrogens (tertiary/aromatic N) is 4. The van der Waals surface area contributed by atoms with Crippen LogP contribution in [0.25, 0.3) is 0 Å². The summed E-state index contributed by atoms with van der Waals surface area (Å²) >= 11 is 0. The van der Waals surface area contributed by atoms with Crippen LogP contribution in [-0.2, 0) is 6.42 Å². The lowest BCUT2D eigenvalue weighted by atomic mass is 9.81. The first-order valence-corrected chi connectivity index (χ1v) is 11.3. The molecule has 5 rings (SSSR count). The fraction of sp³-hybridized carbons (Fsp3) is 0.542. The van der Waals surface area contributed by atoms with Crippen molar-refractivity contribution in [3.8, 4) is 5.75 Å². The summed E-state index contributed by atoms with van der Waals surface area (Å²) < 4.78 is 5.97. The highest BCUT2D eigenvalue weighted by molar-refractivity contribution is 5.96. The SMILES string of the molecule is CN(c1nc(N(C)[C@@H]2CCCCC23CC3)cnc1C(N)=O)C1COc2ccccc2C1. The molecule has 2 fully saturated rings. The average molecular weight is 422 g/mol. The molecule has 3 aliphatic rings. The second kappa shape index (κ2) is 7.70. The summed E-state index contributed by atoms with van der Waals surface area (Å²) in [5.74, 6) is 1.71. The zero-order valence-corrected chi connectivity index (χ0v) is 18.4. The molecule has 0 saturated heterocycles. The molecule has 1 aliphatic heterocycles. The Labute approximate surface area is 183 Å². The molecule has 1 aromatic carbocycles. The Morgan fingerprint density at radius 3 is 2.74 bits per heavy atom. The van der Waals surface area contributed by atoms with Crippen molar-refractivity contribution in [3.05, 3.63) is 41.7 Å². The van der Waals surface area contributed by atoms with Gasteiger partial charge in [0.05, 0.1) is 12.2 Å². The van der Waals surface area contributed by atoms with Crippen molar-refractivity contribution in [2.75, 3.05) is 30.5 Å². The van der Waals surface area contributed by atoms with E-state index in [1.807, 2.05) is 30.1 Å². The normalized spacial score (nSPS) is 23.5. The number of nitrogens with two attached hydrogens (primary N) is 1. The maximum absolute atomic E-state index is 12.2. The van der Waals surface area contributed by atoms with Gasteiger partial charge in [-0.3, -0.25) is 4.79 Å². The van der Waals surface area contributed by atoms with Crippen LogP contribution in [0.15, 0.2) is 30.5 Å². The molecule has 1 aromatic heterocycles. The van der Waals surface area contributed by atoms with Crippen LogP contribution in [0, 0.1) is 5.41 Å². The van der Waals surface area contributed by atoms with Crippen molar-refractivity contribution in [3.63, 3.8) is 0 Å². The van der Waals surface area contributed by atoms with Gasteiger partial charge in [0.25, 0.3) is 5.91 Å². The topological polar surface area (TPSA) is 84.6 Å². The molecule has 2 aromatic rings. The number of hydrogen-bond acceptors (Lipinski definition) is 6. The molecule has 1 amide bonds. The van der Waals surface area contributed by atoms with E-state index in [1.54, 1.807) is 6.20 Å². The van der Waals surface area contributed by atoms with Crippen LogP contribution in [0.4, 0.5) is 11.6 Å². The Balaban J connectivity index is 1.44. The van der Waals surface area contributed by atoms with Gasteiger partial charge in [0.15, 0.2) is 11.5 Å². The lowest BCUT2D eigenvalue weighted by Gasteiger charge is -2.39. The summed E-state index contributed by atoms with van der Waals surface area (Å²) in [5.41, 5.74) is 7.49. The number of benzene rings is 1. The van der Waals surface area contributed by atoms with E-state index in [9.17, 15) is 4.79 Å². The molecule has 1 unspecified atom stereocenters. The van der Waals surface area contributed by atoms with Crippen molar-refractivity contribution in [2.45, 2.75) is 57.0 Å². The number of carbonyl (C=O) groups is 1. The molecule has 2 N–H and O–H groups in total. The van der Waals surface area contributed by atoms with E-state index >= 15 is 0 Å². The van der Waals surface area contributed by atoms with Crippen LogP contribution in [0.2, 0.25) is 0 Å². The van der Waals surface area contributed by atoms with Gasteiger partial charge in [-0.05, 0) is 49.1 Å². The largest absolute Gasteiger partial charge is 0.491 e. The number of amides is 1. The van der Waals surface area contributed by atoms with Gasteiger partial charge < -0.3 is 20.3 Å². The molecule has 1 spiro atoms. The summed E-state index contributed by atoms with van der Waals surface area (Å²) in [7, 11) is 4.07. The molecule has 7 nitrogen and oxygen atoms in total. The third-order valence-electron chi connectivity index (χ3n) is 7.55. The van der Waals surface area contributed by atoms with Crippen molar-refractivity contribution in [1.82, 2.24) is 9.97 Å². The van der Waals surface area contributed by atoms with Crippen LogP contribution >= 0.6 is 0 Å². The van der Waals surface area contributed by atoms with Crippen LogP contribution in [-0.4, -0.2) is 48.7 Å². The van der Waals surface area contributed by atoms with E-state index < -0.39 is 5.91 Å². The number of carbonyl (C=O) groups excluding carboxylic acids is 1. The minimum absolute atomic E-state index is 0.0484. The fourth-order valence-electron chi connectivity index (χ4n) is 5.49. The van der Waals surface area contributed by atoms with Gasteiger partial charge in [-0.15, -0.1) is 0 Å². The Hall–Kier alpha value is -2.83. The van der Waals surface area contributed by atoms with Gasteiger partial charge in [0, 0.05) is 20.1 Å². The van der Waals surface area contributed by atoms with E-state index in [0.717, 1.165) is 23.6 Å². The van der Waals surface area contributed by atoms with E-state index in [2.05, 4.69) is 23.0 Å². The fourth-order valence-corrected chi connectivity index (χ4v) is 5.49. The Kier molecular flexibility index (Phi) is 4.99. The number of anilines is 2. The van der Waals surface area contributed by atoms with Crippen molar-refractivity contribution in [2.24, 2.45) is 11.1 Å². The number of likely N-dealkylation sites (N-methyl/N-ethyl adjacent to an activating group) is 1. The van der Waals surface area contributed by atoms with Gasteiger partial charge in [-0.25, -0.2) is 9.97 Å². The molecule has 0 bridgehead atoms. The van der Waals surface area contributed by atoms with Crippen molar-refractivity contribution >= 4 is 17.5 Å². The van der Waals surface area contributed by atoms with Gasteiger partial charge in [-0.1, -0.05) is 31.0 Å². The standard InChI is InChI=1S/C24H31N5O2/c1-28(17-13-16-7-3-4-8-18(16)31-15-17)23-21(22(25)30)26-14-20(27-23)29(2)19-9-5-6-10-24(19)11-12-24/h3-4,7-8,14,17,19H,5-6,9-13,15H2,1-2H3,(H2,25,30)/t17?,19-/m1/s1. The summed E-state index contributed by atoms with van der Waals surface area (Å²) in [4.78, 5) is 25.8. The van der Waals surface area contributed by atoms with Crippen LogP contribution in [0.3, 0.4) is 0 Å². The third-order valence-corrected chi connectivity index (χ3v) is 7.55. The van der Waals surface area contributed by atoms with E-state index in [0.29, 0.717) is 23.9 Å². The first-order chi connectivity index (χ1) is 15.0. The summed E-state index contributed by atoms with van der Waals surface area (Å²) in [6.07, 6.45) is 10.2. The molecule has 2 aliphatic carbocycles. The van der Waals surface area contributed by atoms with Gasteiger partial charge in [0.2, 0.25) is 0 Å². The molecular formula is C24H31N5O2. The zero-order chi connectivity index (χ0) is 21.6. The minimum Gasteiger partial charge on any atom is -0.491 e. The first-order valence-electron chi connectivity index (χ1n) is 11.3. The Morgan fingerprint density at radius 2 is 1.97 bits per heavy atom. The predicted octanol–water partition coefficient (Wildman–Crippen LogP) is 3.17. The molecule has 31 heavy (non-hydrogen) atoms. The lowest BCUT2D eigenvalue weighted by molar-refractivity contribution is 0.0995. The third kappa shape index (κ3) is 3.60. The smallest absolute Gasteiger partial charge is 0.271 e. The molecule has 7 heteroatoms. The number of fused-ring (bicyclic) bond motifs is 1. The van der Waals surface area contributed by atoms with Gasteiger partial charge in [-0.2, -0.15) is 0 Å². The highest BCUT2D eigenvalue weighted by atomic mass is 16.5. The average Bonchev–Trinajstić information content (AvgIpc) is 3.57. The number of aromatic nitrogens is 2. The van der Waals surface area contributed by atoms with Gasteiger partial charge in [0.1, 0.15) is 18.2 Å². The lowest BCUT2D eigenvalue weighted by Crippen LogP contribution is -2.44. The van der Waals surface area contributed by atoms with Crippen molar-refractivity contribution < 1.29 is 9.53 Å². The summed E-state index contributed by atoms with van der Waals surface area (Å²) in [6, 6.07) is 8.61. The predicted molar refractivity (Wildman–Crippen MR) is 121 cm³/mol. The molecule has 2 atom stereocenters. The van der Waals surface area contributed by atoms with Crippen LogP contribution in [0.1, 0.15) is 54.6 Å². The second-order valence-electron chi connectivity index (χ2n) is 9.39. The van der Waals surface area contributed by atoms with Crippen LogP contribution in [0.5, 0.6) is 5.75 Å². The monoisotopic (exact) mass is 421 g/mol. The maximum atomic E-state index is 12.2. The maximum Gasteiger partial charge on any atom is 0.271 e. The molecule has 2 saturated carbocycles. The summed E-state index contributed by atoms with van der Waals surface area (Å²) in [5, 5.41) is 0. The zero-order valence-electron chi connectivity index (χ0n) is 18.4. The minimum atomic E-state index is -0.558. The number of para-hydroxylation sites is 1. The Morgan fingerprint density at radius 1 is 1.16 bits per heavy atom. The molecular weight excluding hydrogens is 390 g/mol. The quantitative estimate of drug-likeness (QED) is 0.798. The number of hydrogen-bond donors (Lipinski definition) is 1. The number of ether oxygens (including phenoxy) is 1. The molecule has 2 heterocycles. The molecule has 0 radical (unpaired) electrons. The van der Waals surface area contributed by atoms with Gasteiger partial charge >= 0.3 is 0 Å². The first kappa shape index (κ1) is 20.1.